The third kappa shape index (κ3) is 13.3. The van der Waals surface area contributed by atoms with Crippen molar-refractivity contribution in [3.63, 3.8) is 0 Å². The second-order valence-corrected chi connectivity index (χ2v) is 19.9. The Bertz CT molecular complexity index is 938. The molecule has 3 saturated carbocycles. The van der Waals surface area contributed by atoms with E-state index < -0.39 is 0 Å². The summed E-state index contributed by atoms with van der Waals surface area (Å²) >= 11 is 0. The highest BCUT2D eigenvalue weighted by molar-refractivity contribution is 5.82. The van der Waals surface area contributed by atoms with E-state index in [1.807, 2.05) is 0 Å². The number of carbonyl (C=O) groups excluding carboxylic acids is 2. The van der Waals surface area contributed by atoms with E-state index in [-0.39, 0.29) is 29.7 Å². The van der Waals surface area contributed by atoms with Crippen LogP contribution >= 0.6 is 0 Å². The van der Waals surface area contributed by atoms with Crippen LogP contribution < -0.4 is 0 Å². The van der Waals surface area contributed by atoms with Crippen molar-refractivity contribution in [1.82, 2.24) is 0 Å². The van der Waals surface area contributed by atoms with Gasteiger partial charge in [-0.15, -0.1) is 0 Å². The molecule has 0 aliphatic heterocycles. The van der Waals surface area contributed by atoms with E-state index in [4.69, 9.17) is 9.47 Å². The van der Waals surface area contributed by atoms with Crippen LogP contribution in [0.3, 0.4) is 0 Å². The summed E-state index contributed by atoms with van der Waals surface area (Å²) in [5.74, 6) is 4.23. The van der Waals surface area contributed by atoms with Gasteiger partial charge in [0.1, 0.15) is 0 Å². The molecule has 0 heterocycles. The number of ether oxygens (including phenoxy) is 2. The lowest BCUT2D eigenvalue weighted by Gasteiger charge is -2.39. The maximum absolute atomic E-state index is 13.8. The minimum atomic E-state index is -0.373. The first-order valence-corrected chi connectivity index (χ1v) is 20.3. The molecular weight excluding hydrogens is 580 g/mol. The Morgan fingerprint density at radius 2 is 1.06 bits per heavy atom. The van der Waals surface area contributed by atoms with Crippen LogP contribution in [0.2, 0.25) is 0 Å². The van der Waals surface area contributed by atoms with Crippen molar-refractivity contribution in [2.24, 2.45) is 75.9 Å². The third-order valence-corrected chi connectivity index (χ3v) is 12.9. The van der Waals surface area contributed by atoms with E-state index in [1.165, 1.54) is 64.2 Å². The number of esters is 2. The van der Waals surface area contributed by atoms with Gasteiger partial charge in [-0.05, 0) is 128 Å². The molecule has 3 aliphatic rings. The Balaban J connectivity index is 1.59. The maximum Gasteiger partial charge on any atom is 0.310 e. The van der Waals surface area contributed by atoms with Gasteiger partial charge in [-0.1, -0.05) is 108 Å². The van der Waals surface area contributed by atoms with Gasteiger partial charge in [-0.3, -0.25) is 9.59 Å². The molecule has 0 spiro atoms. The van der Waals surface area contributed by atoms with Gasteiger partial charge in [0.15, 0.2) is 0 Å². The minimum absolute atomic E-state index is 0.143. The highest BCUT2D eigenvalue weighted by atomic mass is 16.5. The van der Waals surface area contributed by atoms with Gasteiger partial charge in [0.25, 0.3) is 0 Å². The molecule has 0 radical (unpaired) electrons. The Morgan fingerprint density at radius 3 is 1.49 bits per heavy atom. The number of rotatable bonds is 14. The standard InChI is InChI=1S/C43H78O4/c1-29(2)32-19-21-36(34(25-32)16-13-23-42(6,7)8)27-46-40(44)38-18-12-15-31(5)39(38)41(45)47-28-37-22-20-33(30(3)4)26-35(37)17-14-24-43(9,10)11/h29-39H,12-28H2,1-11H3. The molecule has 0 amide bonds. The van der Waals surface area contributed by atoms with Gasteiger partial charge in [0.05, 0.1) is 25.0 Å². The number of hydrogen-bond acceptors (Lipinski definition) is 4. The van der Waals surface area contributed by atoms with Crippen LogP contribution in [-0.4, -0.2) is 25.2 Å². The monoisotopic (exact) mass is 659 g/mol. The molecule has 9 atom stereocenters. The van der Waals surface area contributed by atoms with Gasteiger partial charge >= 0.3 is 11.9 Å². The molecule has 3 aliphatic carbocycles. The fourth-order valence-electron chi connectivity index (χ4n) is 9.53. The molecule has 3 rings (SSSR count). The summed E-state index contributed by atoms with van der Waals surface area (Å²) in [7, 11) is 0. The SMILES string of the molecule is CC(C)C1CCC(COC(=O)C2CCCC(C)C2C(=O)OCC2CCC(C(C)C)CC2CCCC(C)(C)C)C(CCCC(C)(C)C)C1. The molecule has 47 heavy (non-hydrogen) atoms. The van der Waals surface area contributed by atoms with Crippen molar-refractivity contribution < 1.29 is 19.1 Å². The molecule has 0 saturated heterocycles. The van der Waals surface area contributed by atoms with Crippen LogP contribution in [0, 0.1) is 75.9 Å². The Morgan fingerprint density at radius 1 is 0.617 bits per heavy atom. The molecular formula is C43H78O4. The van der Waals surface area contributed by atoms with Crippen molar-refractivity contribution >= 4 is 11.9 Å². The molecule has 4 heteroatoms. The number of hydrogen-bond donors (Lipinski definition) is 0. The maximum atomic E-state index is 13.8. The molecule has 3 fully saturated rings. The average molecular weight is 659 g/mol. The zero-order chi connectivity index (χ0) is 34.9. The molecule has 0 aromatic carbocycles. The van der Waals surface area contributed by atoms with Crippen molar-refractivity contribution in [1.29, 1.82) is 0 Å². The highest BCUT2D eigenvalue weighted by Crippen LogP contribution is 2.43. The summed E-state index contributed by atoms with van der Waals surface area (Å²) in [4.78, 5) is 27.6. The smallest absolute Gasteiger partial charge is 0.310 e. The summed E-state index contributed by atoms with van der Waals surface area (Å²) in [6.07, 6.45) is 17.4. The molecule has 0 bridgehead atoms. The van der Waals surface area contributed by atoms with Crippen molar-refractivity contribution in [2.75, 3.05) is 13.2 Å². The van der Waals surface area contributed by atoms with Crippen molar-refractivity contribution in [2.45, 2.75) is 172 Å². The first kappa shape index (κ1) is 40.4. The summed E-state index contributed by atoms with van der Waals surface area (Å²) in [5, 5.41) is 0. The van der Waals surface area contributed by atoms with E-state index in [1.54, 1.807) is 0 Å². The summed E-state index contributed by atoms with van der Waals surface area (Å²) in [6.45, 7) is 26.6. The molecule has 0 N–H and O–H groups in total. The van der Waals surface area contributed by atoms with Gasteiger partial charge in [-0.2, -0.15) is 0 Å². The first-order chi connectivity index (χ1) is 21.9. The van der Waals surface area contributed by atoms with E-state index in [2.05, 4.69) is 76.2 Å². The van der Waals surface area contributed by atoms with Gasteiger partial charge in [0, 0.05) is 0 Å². The van der Waals surface area contributed by atoms with E-state index >= 15 is 0 Å². The van der Waals surface area contributed by atoms with Crippen LogP contribution in [0.1, 0.15) is 172 Å². The van der Waals surface area contributed by atoms with E-state index in [9.17, 15) is 9.59 Å². The van der Waals surface area contributed by atoms with Gasteiger partial charge in [0.2, 0.25) is 0 Å². The largest absolute Gasteiger partial charge is 0.465 e. The zero-order valence-electron chi connectivity index (χ0n) is 33.0. The normalized spacial score (nSPS) is 32.4. The van der Waals surface area contributed by atoms with Gasteiger partial charge in [-0.25, -0.2) is 0 Å². The van der Waals surface area contributed by atoms with E-state index in [0.717, 1.165) is 43.9 Å². The fourth-order valence-corrected chi connectivity index (χ4v) is 9.53. The second kappa shape index (κ2) is 18.3. The molecule has 0 aromatic heterocycles. The Hall–Kier alpha value is -1.06. The molecule has 0 aromatic rings. The van der Waals surface area contributed by atoms with Crippen LogP contribution in [0.25, 0.3) is 0 Å². The van der Waals surface area contributed by atoms with Crippen molar-refractivity contribution in [3.05, 3.63) is 0 Å². The predicted molar refractivity (Wildman–Crippen MR) is 197 cm³/mol. The lowest BCUT2D eigenvalue weighted by Crippen LogP contribution is -2.41. The third-order valence-electron chi connectivity index (χ3n) is 12.9. The second-order valence-electron chi connectivity index (χ2n) is 19.9. The minimum Gasteiger partial charge on any atom is -0.465 e. The number of carbonyl (C=O) groups is 2. The Kier molecular flexibility index (Phi) is 15.7. The summed E-state index contributed by atoms with van der Waals surface area (Å²) in [6, 6.07) is 0. The molecule has 274 valence electrons. The van der Waals surface area contributed by atoms with Crippen molar-refractivity contribution in [3.8, 4) is 0 Å². The van der Waals surface area contributed by atoms with E-state index in [0.29, 0.717) is 59.6 Å². The van der Waals surface area contributed by atoms with Crippen LogP contribution in [0.15, 0.2) is 0 Å². The lowest BCUT2D eigenvalue weighted by atomic mass is 9.68. The Labute approximate surface area is 292 Å². The molecule has 4 nitrogen and oxygen atoms in total. The first-order valence-electron chi connectivity index (χ1n) is 20.3. The zero-order valence-corrected chi connectivity index (χ0v) is 33.0. The quantitative estimate of drug-likeness (QED) is 0.174. The summed E-state index contributed by atoms with van der Waals surface area (Å²) in [5.41, 5.74) is 0.714. The lowest BCUT2D eigenvalue weighted by molar-refractivity contribution is -0.168. The predicted octanol–water partition coefficient (Wildman–Crippen LogP) is 11.9. The van der Waals surface area contributed by atoms with Crippen LogP contribution in [0.4, 0.5) is 0 Å². The average Bonchev–Trinajstić information content (AvgIpc) is 2.97. The highest BCUT2D eigenvalue weighted by Gasteiger charge is 2.43. The summed E-state index contributed by atoms with van der Waals surface area (Å²) < 4.78 is 12.4. The topological polar surface area (TPSA) is 52.6 Å². The molecule has 9 unspecified atom stereocenters. The van der Waals surface area contributed by atoms with Crippen LogP contribution in [-0.2, 0) is 19.1 Å². The van der Waals surface area contributed by atoms with Crippen LogP contribution in [0.5, 0.6) is 0 Å². The fraction of sp³-hybridized carbons (Fsp3) is 0.953. The van der Waals surface area contributed by atoms with Gasteiger partial charge < -0.3 is 9.47 Å².